The number of hydrogen-bond donors (Lipinski definition) is 1. The lowest BCUT2D eigenvalue weighted by Crippen LogP contribution is -2.35. The molecule has 2 aliphatic heterocycles. The molecule has 1 aromatic carbocycles. The van der Waals surface area contributed by atoms with Crippen LogP contribution in [0.4, 0.5) is 0 Å². The number of rotatable bonds is 4. The van der Waals surface area contributed by atoms with Crippen molar-refractivity contribution in [3.63, 3.8) is 0 Å². The Hall–Kier alpha value is -0.940. The van der Waals surface area contributed by atoms with Gasteiger partial charge < -0.3 is 19.5 Å². The number of hydrogen-bond acceptors (Lipinski definition) is 4. The molecule has 0 amide bonds. The predicted molar refractivity (Wildman–Crippen MR) is 76.4 cm³/mol. The lowest BCUT2D eigenvalue weighted by atomic mass is 10.0. The summed E-state index contributed by atoms with van der Waals surface area (Å²) in [5, 5.41) is 3.45. The molecule has 1 N–H and O–H groups in total. The van der Waals surface area contributed by atoms with Gasteiger partial charge in [-0.25, -0.2) is 0 Å². The minimum atomic E-state index is -0.476. The van der Waals surface area contributed by atoms with Crippen molar-refractivity contribution < 1.29 is 14.2 Å². The van der Waals surface area contributed by atoms with E-state index in [4.69, 9.17) is 14.2 Å². The standard InChI is InChI=1S/C16H23NO3/c1-15(2)19-12-16(20-15)8-14(18-11-16)10-17-9-13-6-4-3-5-7-13/h3-7,14,17H,8-12H2,1-2H3/t14-,16+/m0/s1. The number of benzene rings is 1. The van der Waals surface area contributed by atoms with E-state index in [1.807, 2.05) is 19.9 Å². The topological polar surface area (TPSA) is 39.7 Å². The SMILES string of the molecule is CC1(C)OC[C@@]2(CO[C@H](CNCc3ccccc3)C2)O1. The van der Waals surface area contributed by atoms with Crippen molar-refractivity contribution in [3.05, 3.63) is 35.9 Å². The van der Waals surface area contributed by atoms with Gasteiger partial charge in [-0.05, 0) is 19.4 Å². The van der Waals surface area contributed by atoms with Gasteiger partial charge in [0.15, 0.2) is 5.79 Å². The van der Waals surface area contributed by atoms with Gasteiger partial charge in [-0.1, -0.05) is 30.3 Å². The summed E-state index contributed by atoms with van der Waals surface area (Å²) in [6, 6.07) is 10.4. The molecule has 0 aromatic heterocycles. The molecule has 2 heterocycles. The molecule has 2 saturated heterocycles. The van der Waals surface area contributed by atoms with Crippen LogP contribution >= 0.6 is 0 Å². The summed E-state index contributed by atoms with van der Waals surface area (Å²) in [6.45, 7) is 6.91. The summed E-state index contributed by atoms with van der Waals surface area (Å²) in [5.74, 6) is -0.476. The van der Waals surface area contributed by atoms with Gasteiger partial charge in [0.2, 0.25) is 0 Å². The minimum absolute atomic E-state index is 0.205. The van der Waals surface area contributed by atoms with Crippen LogP contribution in [-0.4, -0.2) is 37.3 Å². The lowest BCUT2D eigenvalue weighted by Gasteiger charge is -2.23. The van der Waals surface area contributed by atoms with Gasteiger partial charge in [0.1, 0.15) is 5.60 Å². The quantitative estimate of drug-likeness (QED) is 0.915. The predicted octanol–water partition coefficient (Wildman–Crippen LogP) is 2.09. The van der Waals surface area contributed by atoms with Crippen LogP contribution in [0.3, 0.4) is 0 Å². The first-order valence-electron chi connectivity index (χ1n) is 7.27. The van der Waals surface area contributed by atoms with E-state index in [0.717, 1.165) is 19.5 Å². The zero-order valence-electron chi connectivity index (χ0n) is 12.2. The number of ether oxygens (including phenoxy) is 3. The first kappa shape index (κ1) is 14.0. The first-order valence-corrected chi connectivity index (χ1v) is 7.27. The van der Waals surface area contributed by atoms with E-state index in [-0.39, 0.29) is 11.7 Å². The van der Waals surface area contributed by atoms with Crippen LogP contribution in [0.25, 0.3) is 0 Å². The van der Waals surface area contributed by atoms with Gasteiger partial charge in [-0.15, -0.1) is 0 Å². The summed E-state index contributed by atoms with van der Waals surface area (Å²) >= 11 is 0. The second-order valence-corrected chi connectivity index (χ2v) is 6.23. The molecule has 2 fully saturated rings. The molecular weight excluding hydrogens is 254 g/mol. The monoisotopic (exact) mass is 277 g/mol. The fraction of sp³-hybridized carbons (Fsp3) is 0.625. The molecule has 1 aromatic rings. The molecule has 1 spiro atoms. The van der Waals surface area contributed by atoms with Gasteiger partial charge in [-0.2, -0.15) is 0 Å². The summed E-state index contributed by atoms with van der Waals surface area (Å²) in [7, 11) is 0. The van der Waals surface area contributed by atoms with E-state index in [1.165, 1.54) is 5.56 Å². The Morgan fingerprint density at radius 2 is 2.00 bits per heavy atom. The maximum atomic E-state index is 6.02. The normalized spacial score (nSPS) is 32.0. The zero-order chi connectivity index (χ0) is 14.1. The second kappa shape index (κ2) is 5.45. The Morgan fingerprint density at radius 3 is 2.70 bits per heavy atom. The van der Waals surface area contributed by atoms with E-state index < -0.39 is 5.79 Å². The Kier molecular flexibility index (Phi) is 3.82. The summed E-state index contributed by atoms with van der Waals surface area (Å²) < 4.78 is 17.5. The Balaban J connectivity index is 1.45. The van der Waals surface area contributed by atoms with Crippen molar-refractivity contribution in [3.8, 4) is 0 Å². The third kappa shape index (κ3) is 3.20. The van der Waals surface area contributed by atoms with E-state index in [9.17, 15) is 0 Å². The molecule has 2 aliphatic rings. The van der Waals surface area contributed by atoms with Crippen LogP contribution in [0.2, 0.25) is 0 Å². The van der Waals surface area contributed by atoms with E-state index in [2.05, 4.69) is 29.6 Å². The first-order chi connectivity index (χ1) is 9.57. The molecule has 3 rings (SSSR count). The van der Waals surface area contributed by atoms with Gasteiger partial charge in [0, 0.05) is 19.5 Å². The second-order valence-electron chi connectivity index (χ2n) is 6.23. The molecule has 20 heavy (non-hydrogen) atoms. The smallest absolute Gasteiger partial charge is 0.163 e. The van der Waals surface area contributed by atoms with Crippen LogP contribution in [0.15, 0.2) is 30.3 Å². The van der Waals surface area contributed by atoms with Crippen LogP contribution in [0, 0.1) is 0 Å². The third-order valence-electron chi connectivity index (χ3n) is 3.87. The average molecular weight is 277 g/mol. The largest absolute Gasteiger partial charge is 0.374 e. The maximum absolute atomic E-state index is 6.02. The Morgan fingerprint density at radius 1 is 1.20 bits per heavy atom. The van der Waals surface area contributed by atoms with Crippen molar-refractivity contribution >= 4 is 0 Å². The van der Waals surface area contributed by atoms with Crippen LogP contribution in [-0.2, 0) is 20.8 Å². The average Bonchev–Trinajstić information content (AvgIpc) is 2.95. The fourth-order valence-electron chi connectivity index (χ4n) is 2.96. The van der Waals surface area contributed by atoms with Crippen molar-refractivity contribution in [2.24, 2.45) is 0 Å². The molecule has 4 nitrogen and oxygen atoms in total. The fourth-order valence-corrected chi connectivity index (χ4v) is 2.96. The van der Waals surface area contributed by atoms with Crippen molar-refractivity contribution in [1.82, 2.24) is 5.32 Å². The summed E-state index contributed by atoms with van der Waals surface area (Å²) in [5.41, 5.74) is 1.06. The molecule has 110 valence electrons. The maximum Gasteiger partial charge on any atom is 0.163 e. The lowest BCUT2D eigenvalue weighted by molar-refractivity contribution is -0.160. The highest BCUT2D eigenvalue weighted by Crippen LogP contribution is 2.38. The van der Waals surface area contributed by atoms with E-state index in [1.54, 1.807) is 0 Å². The molecule has 0 aliphatic carbocycles. The number of nitrogens with one attached hydrogen (secondary N) is 1. The molecule has 0 unspecified atom stereocenters. The van der Waals surface area contributed by atoms with Crippen molar-refractivity contribution in [1.29, 1.82) is 0 Å². The molecule has 0 bridgehead atoms. The van der Waals surface area contributed by atoms with Crippen LogP contribution in [0.5, 0.6) is 0 Å². The highest BCUT2D eigenvalue weighted by atomic mass is 16.8. The van der Waals surface area contributed by atoms with E-state index >= 15 is 0 Å². The molecule has 0 radical (unpaired) electrons. The summed E-state index contributed by atoms with van der Waals surface area (Å²) in [4.78, 5) is 0. The molecular formula is C16H23NO3. The van der Waals surface area contributed by atoms with Gasteiger partial charge in [-0.3, -0.25) is 0 Å². The van der Waals surface area contributed by atoms with Crippen LogP contribution < -0.4 is 5.32 Å². The summed E-state index contributed by atoms with van der Waals surface area (Å²) in [6.07, 6.45) is 1.11. The Labute approximate surface area is 120 Å². The minimum Gasteiger partial charge on any atom is -0.374 e. The zero-order valence-corrected chi connectivity index (χ0v) is 12.2. The van der Waals surface area contributed by atoms with Crippen molar-refractivity contribution in [2.75, 3.05) is 19.8 Å². The highest BCUT2D eigenvalue weighted by Gasteiger charge is 2.50. The van der Waals surface area contributed by atoms with Crippen LogP contribution in [0.1, 0.15) is 25.8 Å². The molecule has 4 heteroatoms. The molecule has 2 atom stereocenters. The van der Waals surface area contributed by atoms with Crippen molar-refractivity contribution in [2.45, 2.75) is 44.3 Å². The van der Waals surface area contributed by atoms with Gasteiger partial charge in [0.05, 0.1) is 19.3 Å². The highest BCUT2D eigenvalue weighted by molar-refractivity contribution is 5.14. The molecule has 0 saturated carbocycles. The van der Waals surface area contributed by atoms with Gasteiger partial charge in [0.25, 0.3) is 0 Å². The van der Waals surface area contributed by atoms with E-state index in [0.29, 0.717) is 13.2 Å². The van der Waals surface area contributed by atoms with Gasteiger partial charge >= 0.3 is 0 Å². The third-order valence-corrected chi connectivity index (χ3v) is 3.87. The Bertz CT molecular complexity index is 448.